The van der Waals surface area contributed by atoms with Gasteiger partial charge in [-0.05, 0) is 38.1 Å². The predicted octanol–water partition coefficient (Wildman–Crippen LogP) is 4.48. The number of para-hydroxylation sites is 1. The first-order chi connectivity index (χ1) is 11.7. The lowest BCUT2D eigenvalue weighted by Crippen LogP contribution is -2.12. The van der Waals surface area contributed by atoms with Gasteiger partial charge >= 0.3 is 0 Å². The molecule has 0 radical (unpaired) electrons. The van der Waals surface area contributed by atoms with Crippen molar-refractivity contribution in [3.8, 4) is 11.5 Å². The SMILES string of the molecule is CCOc1ccc(OCC)c(NC(=O)c2cc3ccccc3o2)c1. The van der Waals surface area contributed by atoms with E-state index < -0.39 is 0 Å². The molecule has 0 spiro atoms. The molecule has 3 aromatic rings. The number of carbonyl (C=O) groups excluding carboxylic acids is 1. The van der Waals surface area contributed by atoms with E-state index in [2.05, 4.69) is 5.32 Å². The molecule has 2 aromatic carbocycles. The van der Waals surface area contributed by atoms with Gasteiger partial charge in [0.25, 0.3) is 5.91 Å². The van der Waals surface area contributed by atoms with Gasteiger partial charge in [0, 0.05) is 11.5 Å². The second kappa shape index (κ2) is 7.08. The summed E-state index contributed by atoms with van der Waals surface area (Å²) in [5.41, 5.74) is 1.23. The Balaban J connectivity index is 1.87. The van der Waals surface area contributed by atoms with E-state index in [0.29, 0.717) is 36.0 Å². The van der Waals surface area contributed by atoms with E-state index in [9.17, 15) is 4.79 Å². The Labute approximate surface area is 140 Å². The number of fused-ring (bicyclic) bond motifs is 1. The third kappa shape index (κ3) is 3.35. The average Bonchev–Trinajstić information content (AvgIpc) is 3.02. The van der Waals surface area contributed by atoms with Crippen molar-refractivity contribution < 1.29 is 18.7 Å². The topological polar surface area (TPSA) is 60.7 Å². The fourth-order valence-corrected chi connectivity index (χ4v) is 2.42. The Kier molecular flexibility index (Phi) is 4.70. The molecule has 1 amide bonds. The lowest BCUT2D eigenvalue weighted by molar-refractivity contribution is 0.0998. The zero-order valence-electron chi connectivity index (χ0n) is 13.7. The van der Waals surface area contributed by atoms with Gasteiger partial charge in [-0.3, -0.25) is 4.79 Å². The van der Waals surface area contributed by atoms with E-state index in [1.807, 2.05) is 44.2 Å². The Morgan fingerprint density at radius 1 is 1.04 bits per heavy atom. The Hall–Kier alpha value is -2.95. The molecule has 0 unspecified atom stereocenters. The first-order valence-electron chi connectivity index (χ1n) is 7.90. The summed E-state index contributed by atoms with van der Waals surface area (Å²) in [6.45, 7) is 4.84. The number of hydrogen-bond donors (Lipinski definition) is 1. The van der Waals surface area contributed by atoms with Crippen molar-refractivity contribution in [2.75, 3.05) is 18.5 Å². The second-order valence-corrected chi connectivity index (χ2v) is 5.13. The number of amides is 1. The molecule has 1 N–H and O–H groups in total. The first kappa shape index (κ1) is 15.9. The van der Waals surface area contributed by atoms with E-state index in [0.717, 1.165) is 5.39 Å². The summed E-state index contributed by atoms with van der Waals surface area (Å²) in [6.07, 6.45) is 0. The van der Waals surface area contributed by atoms with Gasteiger partial charge in [-0.1, -0.05) is 18.2 Å². The average molecular weight is 325 g/mol. The van der Waals surface area contributed by atoms with Gasteiger partial charge in [0.05, 0.1) is 18.9 Å². The number of ether oxygens (including phenoxy) is 2. The largest absolute Gasteiger partial charge is 0.494 e. The summed E-state index contributed by atoms with van der Waals surface area (Å²) >= 11 is 0. The number of carbonyl (C=O) groups is 1. The molecule has 0 aliphatic carbocycles. The normalized spacial score (nSPS) is 10.6. The highest BCUT2D eigenvalue weighted by molar-refractivity contribution is 6.05. The highest BCUT2D eigenvalue weighted by Crippen LogP contribution is 2.30. The molecule has 24 heavy (non-hydrogen) atoms. The molecule has 3 rings (SSSR count). The predicted molar refractivity (Wildman–Crippen MR) is 92.9 cm³/mol. The van der Waals surface area contributed by atoms with Crippen LogP contribution in [-0.2, 0) is 0 Å². The molecule has 0 aliphatic heterocycles. The molecule has 0 saturated heterocycles. The molecule has 5 nitrogen and oxygen atoms in total. The molecule has 0 aliphatic rings. The van der Waals surface area contributed by atoms with Gasteiger partial charge in [0.2, 0.25) is 0 Å². The van der Waals surface area contributed by atoms with Gasteiger partial charge in [-0.2, -0.15) is 0 Å². The quantitative estimate of drug-likeness (QED) is 0.726. The Morgan fingerprint density at radius 2 is 1.83 bits per heavy atom. The number of furan rings is 1. The van der Waals surface area contributed by atoms with Crippen LogP contribution in [0, 0.1) is 0 Å². The van der Waals surface area contributed by atoms with E-state index in [1.54, 1.807) is 18.2 Å². The molecule has 0 saturated carbocycles. The van der Waals surface area contributed by atoms with Gasteiger partial charge in [-0.15, -0.1) is 0 Å². The van der Waals surface area contributed by atoms with Crippen LogP contribution in [0.1, 0.15) is 24.4 Å². The van der Waals surface area contributed by atoms with Crippen LogP contribution < -0.4 is 14.8 Å². The third-order valence-electron chi connectivity index (χ3n) is 3.46. The van der Waals surface area contributed by atoms with E-state index in [4.69, 9.17) is 13.9 Å². The summed E-state index contributed by atoms with van der Waals surface area (Å²) in [5, 5.41) is 3.72. The standard InChI is InChI=1S/C19H19NO4/c1-3-22-14-9-10-17(23-4-2)15(12-14)20-19(21)18-11-13-7-5-6-8-16(13)24-18/h5-12H,3-4H2,1-2H3,(H,20,21). The van der Waals surface area contributed by atoms with Crippen LogP contribution in [0.3, 0.4) is 0 Å². The highest BCUT2D eigenvalue weighted by Gasteiger charge is 2.15. The summed E-state index contributed by atoms with van der Waals surface area (Å²) in [6, 6.07) is 14.6. The minimum absolute atomic E-state index is 0.250. The van der Waals surface area contributed by atoms with Gasteiger partial charge in [0.15, 0.2) is 5.76 Å². The Morgan fingerprint density at radius 3 is 2.58 bits per heavy atom. The molecule has 0 atom stereocenters. The summed E-state index contributed by atoms with van der Waals surface area (Å²) in [4.78, 5) is 12.5. The van der Waals surface area contributed by atoms with Crippen LogP contribution in [-0.4, -0.2) is 19.1 Å². The van der Waals surface area contributed by atoms with Crippen molar-refractivity contribution >= 4 is 22.6 Å². The van der Waals surface area contributed by atoms with Crippen molar-refractivity contribution in [1.29, 1.82) is 0 Å². The van der Waals surface area contributed by atoms with Crippen LogP contribution in [0.2, 0.25) is 0 Å². The smallest absolute Gasteiger partial charge is 0.291 e. The molecular formula is C19H19NO4. The lowest BCUT2D eigenvalue weighted by Gasteiger charge is -2.12. The van der Waals surface area contributed by atoms with Gasteiger partial charge < -0.3 is 19.2 Å². The maximum Gasteiger partial charge on any atom is 0.291 e. The van der Waals surface area contributed by atoms with Crippen molar-refractivity contribution in [3.05, 3.63) is 54.3 Å². The van der Waals surface area contributed by atoms with Crippen LogP contribution in [0.25, 0.3) is 11.0 Å². The molecule has 0 fully saturated rings. The van der Waals surface area contributed by atoms with Crippen LogP contribution in [0.15, 0.2) is 52.9 Å². The van der Waals surface area contributed by atoms with Gasteiger partial charge in [0.1, 0.15) is 17.1 Å². The fourth-order valence-electron chi connectivity index (χ4n) is 2.42. The summed E-state index contributed by atoms with van der Waals surface area (Å²) in [5.74, 6) is 1.17. The Bertz CT molecular complexity index is 820. The molecule has 1 heterocycles. The number of rotatable bonds is 6. The zero-order chi connectivity index (χ0) is 16.9. The highest BCUT2D eigenvalue weighted by atomic mass is 16.5. The first-order valence-corrected chi connectivity index (χ1v) is 7.90. The zero-order valence-corrected chi connectivity index (χ0v) is 13.7. The van der Waals surface area contributed by atoms with E-state index >= 15 is 0 Å². The van der Waals surface area contributed by atoms with Crippen molar-refractivity contribution in [3.63, 3.8) is 0 Å². The van der Waals surface area contributed by atoms with Crippen molar-refractivity contribution in [2.24, 2.45) is 0 Å². The minimum Gasteiger partial charge on any atom is -0.494 e. The maximum absolute atomic E-state index is 12.5. The monoisotopic (exact) mass is 325 g/mol. The van der Waals surface area contributed by atoms with Crippen LogP contribution in [0.4, 0.5) is 5.69 Å². The number of anilines is 1. The van der Waals surface area contributed by atoms with Crippen molar-refractivity contribution in [1.82, 2.24) is 0 Å². The summed E-state index contributed by atoms with van der Waals surface area (Å²) < 4.78 is 16.6. The second-order valence-electron chi connectivity index (χ2n) is 5.13. The van der Waals surface area contributed by atoms with Crippen LogP contribution >= 0.6 is 0 Å². The molecule has 0 bridgehead atoms. The molecular weight excluding hydrogens is 306 g/mol. The van der Waals surface area contributed by atoms with E-state index in [1.165, 1.54) is 0 Å². The number of benzene rings is 2. The molecule has 1 aromatic heterocycles. The molecule has 124 valence electrons. The van der Waals surface area contributed by atoms with Crippen molar-refractivity contribution in [2.45, 2.75) is 13.8 Å². The fraction of sp³-hybridized carbons (Fsp3) is 0.211. The van der Waals surface area contributed by atoms with E-state index in [-0.39, 0.29) is 11.7 Å². The maximum atomic E-state index is 12.5. The summed E-state index contributed by atoms with van der Waals surface area (Å²) in [7, 11) is 0. The number of hydrogen-bond acceptors (Lipinski definition) is 4. The third-order valence-corrected chi connectivity index (χ3v) is 3.46. The molecule has 5 heteroatoms. The van der Waals surface area contributed by atoms with Crippen LogP contribution in [0.5, 0.6) is 11.5 Å². The minimum atomic E-state index is -0.333. The number of nitrogens with one attached hydrogen (secondary N) is 1. The lowest BCUT2D eigenvalue weighted by atomic mass is 10.2. The van der Waals surface area contributed by atoms with Gasteiger partial charge in [-0.25, -0.2) is 0 Å².